The summed E-state index contributed by atoms with van der Waals surface area (Å²) < 4.78 is 0. The Bertz CT molecular complexity index is 882. The minimum absolute atomic E-state index is 0.0339. The summed E-state index contributed by atoms with van der Waals surface area (Å²) >= 11 is 0. The van der Waals surface area contributed by atoms with Crippen LogP contribution in [-0.4, -0.2) is 28.2 Å². The van der Waals surface area contributed by atoms with Gasteiger partial charge < -0.3 is 4.98 Å². The molecule has 1 saturated heterocycles. The van der Waals surface area contributed by atoms with Gasteiger partial charge >= 0.3 is 0 Å². The first-order chi connectivity index (χ1) is 11.7. The van der Waals surface area contributed by atoms with Crippen molar-refractivity contribution in [3.05, 3.63) is 71.9 Å². The number of hydrogen-bond donors (Lipinski definition) is 1. The fourth-order valence-electron chi connectivity index (χ4n) is 3.46. The molecule has 4 rings (SSSR count). The molecule has 3 aromatic rings. The van der Waals surface area contributed by atoms with E-state index in [9.17, 15) is 9.59 Å². The Hall–Kier alpha value is -2.88. The first kappa shape index (κ1) is 14.7. The summed E-state index contributed by atoms with van der Waals surface area (Å²) in [6.45, 7) is 0.392. The Morgan fingerprint density at radius 2 is 1.58 bits per heavy atom. The van der Waals surface area contributed by atoms with E-state index in [1.807, 2.05) is 42.6 Å². The van der Waals surface area contributed by atoms with Crippen molar-refractivity contribution >= 4 is 22.7 Å². The van der Waals surface area contributed by atoms with Gasteiger partial charge in [-0.25, -0.2) is 0 Å². The molecule has 0 radical (unpaired) electrons. The number of para-hydroxylation sites is 1. The molecule has 4 heteroatoms. The molecule has 24 heavy (non-hydrogen) atoms. The van der Waals surface area contributed by atoms with E-state index in [0.717, 1.165) is 22.0 Å². The van der Waals surface area contributed by atoms with Crippen LogP contribution in [-0.2, 0) is 9.59 Å². The minimum Gasteiger partial charge on any atom is -0.361 e. The van der Waals surface area contributed by atoms with Gasteiger partial charge in [0.1, 0.15) is 0 Å². The maximum atomic E-state index is 12.1. The molecule has 2 aromatic carbocycles. The highest BCUT2D eigenvalue weighted by molar-refractivity contribution is 6.02. The third-order valence-corrected chi connectivity index (χ3v) is 4.72. The van der Waals surface area contributed by atoms with E-state index >= 15 is 0 Å². The minimum atomic E-state index is -0.0687. The van der Waals surface area contributed by atoms with Crippen LogP contribution in [0.4, 0.5) is 0 Å². The lowest BCUT2D eigenvalue weighted by Crippen LogP contribution is -2.33. The molecule has 120 valence electrons. The van der Waals surface area contributed by atoms with Crippen LogP contribution in [0.5, 0.6) is 0 Å². The second kappa shape index (κ2) is 5.96. The molecule has 1 aliphatic heterocycles. The van der Waals surface area contributed by atoms with Crippen LogP contribution in [0.2, 0.25) is 0 Å². The fraction of sp³-hybridized carbons (Fsp3) is 0.200. The number of aromatic amines is 1. The summed E-state index contributed by atoms with van der Waals surface area (Å²) in [5, 5.41) is 1.13. The van der Waals surface area contributed by atoms with Crippen LogP contribution < -0.4 is 0 Å². The Labute approximate surface area is 140 Å². The second-order valence-electron chi connectivity index (χ2n) is 6.15. The summed E-state index contributed by atoms with van der Waals surface area (Å²) in [4.78, 5) is 28.9. The first-order valence-corrected chi connectivity index (χ1v) is 8.18. The third-order valence-electron chi connectivity index (χ3n) is 4.72. The number of rotatable bonds is 4. The summed E-state index contributed by atoms with van der Waals surface area (Å²) in [5.41, 5.74) is 3.28. The lowest BCUT2D eigenvalue weighted by atomic mass is 9.90. The van der Waals surface area contributed by atoms with E-state index in [2.05, 4.69) is 23.2 Å². The third kappa shape index (κ3) is 2.50. The number of imide groups is 1. The zero-order chi connectivity index (χ0) is 16.5. The molecule has 2 heterocycles. The fourth-order valence-corrected chi connectivity index (χ4v) is 3.46. The second-order valence-corrected chi connectivity index (χ2v) is 6.15. The molecular formula is C20H18N2O2. The summed E-state index contributed by atoms with van der Waals surface area (Å²) in [6.07, 6.45) is 2.65. The van der Waals surface area contributed by atoms with E-state index < -0.39 is 0 Å². The van der Waals surface area contributed by atoms with Crippen LogP contribution in [0.3, 0.4) is 0 Å². The Morgan fingerprint density at radius 1 is 0.917 bits per heavy atom. The summed E-state index contributed by atoms with van der Waals surface area (Å²) in [6, 6.07) is 18.2. The van der Waals surface area contributed by atoms with Crippen molar-refractivity contribution in [1.82, 2.24) is 9.88 Å². The number of carbonyl (C=O) groups is 2. The molecule has 2 amide bonds. The van der Waals surface area contributed by atoms with Gasteiger partial charge in [0.15, 0.2) is 0 Å². The molecule has 0 bridgehead atoms. The average Bonchev–Trinajstić information content (AvgIpc) is 3.18. The van der Waals surface area contributed by atoms with E-state index in [4.69, 9.17) is 0 Å². The normalized spacial score (nSPS) is 16.1. The van der Waals surface area contributed by atoms with Crippen molar-refractivity contribution in [2.45, 2.75) is 18.8 Å². The maximum Gasteiger partial charge on any atom is 0.229 e. The number of H-pyrrole nitrogens is 1. The summed E-state index contributed by atoms with van der Waals surface area (Å²) in [5.74, 6) is -0.171. The number of fused-ring (bicyclic) bond motifs is 1. The average molecular weight is 318 g/mol. The van der Waals surface area contributed by atoms with Gasteiger partial charge in [-0.15, -0.1) is 0 Å². The van der Waals surface area contributed by atoms with Gasteiger partial charge in [-0.3, -0.25) is 14.5 Å². The number of carbonyl (C=O) groups excluding carboxylic acids is 2. The highest BCUT2D eigenvalue weighted by Crippen LogP contribution is 2.32. The topological polar surface area (TPSA) is 53.2 Å². The van der Waals surface area contributed by atoms with Gasteiger partial charge in [0.25, 0.3) is 0 Å². The van der Waals surface area contributed by atoms with Crippen molar-refractivity contribution in [2.24, 2.45) is 0 Å². The van der Waals surface area contributed by atoms with Gasteiger partial charge in [-0.1, -0.05) is 48.5 Å². The monoisotopic (exact) mass is 318 g/mol. The smallest absolute Gasteiger partial charge is 0.229 e. The maximum absolute atomic E-state index is 12.1. The Morgan fingerprint density at radius 3 is 2.33 bits per heavy atom. The van der Waals surface area contributed by atoms with Crippen molar-refractivity contribution in [1.29, 1.82) is 0 Å². The molecule has 1 aromatic heterocycles. The van der Waals surface area contributed by atoms with Gasteiger partial charge in [-0.05, 0) is 17.2 Å². The molecule has 1 N–H and O–H groups in total. The number of nitrogens with zero attached hydrogens (tertiary/aromatic N) is 1. The number of hydrogen-bond acceptors (Lipinski definition) is 2. The predicted octanol–water partition coefficient (Wildman–Crippen LogP) is 3.45. The molecule has 0 aliphatic carbocycles. The molecule has 0 spiro atoms. The number of benzene rings is 2. The standard InChI is InChI=1S/C20H18N2O2/c23-19-10-11-20(24)22(19)13-17(14-6-2-1-3-7-14)16-12-21-18-9-5-4-8-15(16)18/h1-9,12,17,21H,10-11,13H2. The lowest BCUT2D eigenvalue weighted by molar-refractivity contribution is -0.138. The lowest BCUT2D eigenvalue weighted by Gasteiger charge is -2.23. The van der Waals surface area contributed by atoms with Crippen molar-refractivity contribution < 1.29 is 9.59 Å². The van der Waals surface area contributed by atoms with Crippen molar-refractivity contribution in [3.63, 3.8) is 0 Å². The molecule has 0 saturated carbocycles. The zero-order valence-electron chi connectivity index (χ0n) is 13.2. The number of likely N-dealkylation sites (tertiary alicyclic amines) is 1. The van der Waals surface area contributed by atoms with Crippen LogP contribution in [0.1, 0.15) is 29.9 Å². The summed E-state index contributed by atoms with van der Waals surface area (Å²) in [7, 11) is 0. The van der Waals surface area contributed by atoms with Gasteiger partial charge in [0, 0.05) is 42.4 Å². The van der Waals surface area contributed by atoms with E-state index in [1.54, 1.807) is 0 Å². The highest BCUT2D eigenvalue weighted by atomic mass is 16.2. The van der Waals surface area contributed by atoms with Gasteiger partial charge in [0.05, 0.1) is 0 Å². The highest BCUT2D eigenvalue weighted by Gasteiger charge is 2.32. The van der Waals surface area contributed by atoms with Crippen LogP contribution in [0.25, 0.3) is 10.9 Å². The Kier molecular flexibility index (Phi) is 3.65. The van der Waals surface area contributed by atoms with Crippen molar-refractivity contribution in [2.75, 3.05) is 6.54 Å². The van der Waals surface area contributed by atoms with Crippen LogP contribution >= 0.6 is 0 Å². The number of nitrogens with one attached hydrogen (secondary N) is 1. The Balaban J connectivity index is 1.79. The molecule has 4 nitrogen and oxygen atoms in total. The zero-order valence-corrected chi connectivity index (χ0v) is 13.2. The predicted molar refractivity (Wildman–Crippen MR) is 92.5 cm³/mol. The van der Waals surface area contributed by atoms with Gasteiger partial charge in [0.2, 0.25) is 11.8 Å². The quantitative estimate of drug-likeness (QED) is 0.749. The molecule has 1 fully saturated rings. The van der Waals surface area contributed by atoms with Crippen LogP contribution in [0.15, 0.2) is 60.8 Å². The molecule has 1 aliphatic rings. The molecule has 1 unspecified atom stereocenters. The first-order valence-electron chi connectivity index (χ1n) is 8.18. The SMILES string of the molecule is O=C1CCC(=O)N1CC(c1ccccc1)c1c[nH]c2ccccc12. The number of amides is 2. The van der Waals surface area contributed by atoms with E-state index in [1.165, 1.54) is 4.90 Å². The van der Waals surface area contributed by atoms with Crippen molar-refractivity contribution in [3.8, 4) is 0 Å². The van der Waals surface area contributed by atoms with E-state index in [0.29, 0.717) is 19.4 Å². The number of aromatic nitrogens is 1. The van der Waals surface area contributed by atoms with E-state index in [-0.39, 0.29) is 17.7 Å². The molecule has 1 atom stereocenters. The van der Waals surface area contributed by atoms with Crippen LogP contribution in [0, 0.1) is 0 Å². The molecular weight excluding hydrogens is 300 g/mol. The largest absolute Gasteiger partial charge is 0.361 e. The van der Waals surface area contributed by atoms with Gasteiger partial charge in [-0.2, -0.15) is 0 Å².